The van der Waals surface area contributed by atoms with E-state index in [4.69, 9.17) is 16.3 Å². The van der Waals surface area contributed by atoms with Crippen LogP contribution in [-0.4, -0.2) is 18.5 Å². The molecule has 2 aromatic carbocycles. The Morgan fingerprint density at radius 3 is 2.64 bits per heavy atom. The number of carbonyl (C=O) groups is 2. The third-order valence-electron chi connectivity index (χ3n) is 2.63. The smallest absolute Gasteiger partial charge is 0.339 e. The summed E-state index contributed by atoms with van der Waals surface area (Å²) in [5.41, 5.74) is 0.556. The van der Waals surface area contributed by atoms with Gasteiger partial charge < -0.3 is 10.1 Å². The normalized spacial score (nSPS) is 10.1. The van der Waals surface area contributed by atoms with Crippen LogP contribution in [0.2, 0.25) is 5.02 Å². The number of amides is 1. The number of benzene rings is 2. The van der Waals surface area contributed by atoms with Crippen molar-refractivity contribution < 1.29 is 18.7 Å². The molecule has 0 bridgehead atoms. The average Bonchev–Trinajstić information content (AvgIpc) is 2.48. The number of hydrogen-bond acceptors (Lipinski definition) is 3. The van der Waals surface area contributed by atoms with Gasteiger partial charge >= 0.3 is 5.97 Å². The second-order valence-electron chi connectivity index (χ2n) is 4.23. The molecule has 114 valence electrons. The summed E-state index contributed by atoms with van der Waals surface area (Å²) in [6, 6.07) is 10.3. The van der Waals surface area contributed by atoms with Gasteiger partial charge in [0.2, 0.25) is 0 Å². The van der Waals surface area contributed by atoms with Crippen molar-refractivity contribution in [1.29, 1.82) is 0 Å². The van der Waals surface area contributed by atoms with Crippen LogP contribution < -0.4 is 5.32 Å². The Kier molecular flexibility index (Phi) is 5.51. The zero-order valence-corrected chi connectivity index (χ0v) is 13.4. The Morgan fingerprint density at radius 1 is 1.23 bits per heavy atom. The van der Waals surface area contributed by atoms with Gasteiger partial charge in [-0.1, -0.05) is 23.7 Å². The van der Waals surface area contributed by atoms with E-state index in [1.54, 1.807) is 24.3 Å². The topological polar surface area (TPSA) is 55.4 Å². The monoisotopic (exact) mass is 385 g/mol. The predicted molar refractivity (Wildman–Crippen MR) is 84.5 cm³/mol. The molecule has 4 nitrogen and oxygen atoms in total. The molecule has 0 radical (unpaired) electrons. The standard InChI is InChI=1S/C15H10BrClFNO3/c16-11-4-2-1-3-10(11)15(21)22-8-14(20)19-13-6-5-9(18)7-12(13)17/h1-7H,8H2,(H,19,20). The van der Waals surface area contributed by atoms with Gasteiger partial charge in [0.25, 0.3) is 5.91 Å². The highest BCUT2D eigenvalue weighted by Crippen LogP contribution is 2.22. The van der Waals surface area contributed by atoms with Crippen LogP contribution >= 0.6 is 27.5 Å². The molecule has 2 aromatic rings. The van der Waals surface area contributed by atoms with Gasteiger partial charge in [-0.05, 0) is 46.3 Å². The maximum atomic E-state index is 12.9. The average molecular weight is 387 g/mol. The lowest BCUT2D eigenvalue weighted by Crippen LogP contribution is -2.21. The van der Waals surface area contributed by atoms with Crippen molar-refractivity contribution in [1.82, 2.24) is 0 Å². The molecule has 0 aromatic heterocycles. The molecule has 2 rings (SSSR count). The van der Waals surface area contributed by atoms with Crippen LogP contribution in [0.15, 0.2) is 46.9 Å². The van der Waals surface area contributed by atoms with Crippen LogP contribution in [0.4, 0.5) is 10.1 Å². The summed E-state index contributed by atoms with van der Waals surface area (Å²) in [7, 11) is 0. The van der Waals surface area contributed by atoms with E-state index < -0.39 is 24.3 Å². The molecular formula is C15H10BrClFNO3. The third-order valence-corrected chi connectivity index (χ3v) is 3.64. The Balaban J connectivity index is 1.93. The molecule has 1 N–H and O–H groups in total. The first-order chi connectivity index (χ1) is 10.5. The minimum Gasteiger partial charge on any atom is -0.452 e. The fraction of sp³-hybridized carbons (Fsp3) is 0.0667. The molecule has 1 amide bonds. The molecule has 0 saturated carbocycles. The first-order valence-corrected chi connectivity index (χ1v) is 7.31. The Bertz CT molecular complexity index is 724. The Hall–Kier alpha value is -1.92. The molecule has 0 spiro atoms. The number of rotatable bonds is 4. The fourth-order valence-corrected chi connectivity index (χ4v) is 2.27. The number of halogens is 3. The van der Waals surface area contributed by atoms with Crippen molar-refractivity contribution in [3.63, 3.8) is 0 Å². The summed E-state index contributed by atoms with van der Waals surface area (Å²) in [5, 5.41) is 2.49. The summed E-state index contributed by atoms with van der Waals surface area (Å²) >= 11 is 9.00. The molecule has 0 aliphatic heterocycles. The zero-order valence-electron chi connectivity index (χ0n) is 11.1. The number of nitrogens with one attached hydrogen (secondary N) is 1. The predicted octanol–water partition coefficient (Wildman–Crippen LogP) is 4.04. The minimum absolute atomic E-state index is 0.0606. The molecule has 0 atom stereocenters. The van der Waals surface area contributed by atoms with Gasteiger partial charge in [-0.25, -0.2) is 9.18 Å². The summed E-state index contributed by atoms with van der Waals surface area (Å²) < 4.78 is 18.4. The van der Waals surface area contributed by atoms with Gasteiger partial charge in [0, 0.05) is 4.47 Å². The molecule has 0 heterocycles. The SMILES string of the molecule is O=C(COC(=O)c1ccccc1Br)Nc1ccc(F)cc1Cl. The van der Waals surface area contributed by atoms with E-state index in [2.05, 4.69) is 21.2 Å². The second kappa shape index (κ2) is 7.38. The highest BCUT2D eigenvalue weighted by molar-refractivity contribution is 9.10. The number of carbonyl (C=O) groups excluding carboxylic acids is 2. The third kappa shape index (κ3) is 4.29. The van der Waals surface area contributed by atoms with E-state index in [9.17, 15) is 14.0 Å². The summed E-state index contributed by atoms with van der Waals surface area (Å²) in [4.78, 5) is 23.5. The van der Waals surface area contributed by atoms with Gasteiger partial charge in [-0.2, -0.15) is 0 Å². The van der Waals surface area contributed by atoms with E-state index in [0.717, 1.165) is 12.1 Å². The molecule has 0 aliphatic carbocycles. The van der Waals surface area contributed by atoms with Gasteiger partial charge in [0.05, 0.1) is 16.3 Å². The lowest BCUT2D eigenvalue weighted by atomic mass is 10.2. The van der Waals surface area contributed by atoms with Gasteiger partial charge in [-0.15, -0.1) is 0 Å². The molecular weight excluding hydrogens is 377 g/mol. The van der Waals surface area contributed by atoms with Crippen molar-refractivity contribution in [3.05, 3.63) is 63.3 Å². The van der Waals surface area contributed by atoms with E-state index in [0.29, 0.717) is 10.0 Å². The van der Waals surface area contributed by atoms with Crippen molar-refractivity contribution in [3.8, 4) is 0 Å². The first kappa shape index (κ1) is 16.5. The Labute approximate surface area is 139 Å². The molecule has 0 saturated heterocycles. The van der Waals surface area contributed by atoms with Crippen LogP contribution in [0.5, 0.6) is 0 Å². The maximum absolute atomic E-state index is 12.9. The number of ether oxygens (including phenoxy) is 1. The second-order valence-corrected chi connectivity index (χ2v) is 5.49. The van der Waals surface area contributed by atoms with Gasteiger partial charge in [0.15, 0.2) is 6.61 Å². The van der Waals surface area contributed by atoms with E-state index >= 15 is 0 Å². The van der Waals surface area contributed by atoms with Crippen LogP contribution in [0.1, 0.15) is 10.4 Å². The lowest BCUT2D eigenvalue weighted by molar-refractivity contribution is -0.119. The van der Waals surface area contributed by atoms with E-state index in [1.807, 2.05) is 0 Å². The van der Waals surface area contributed by atoms with E-state index in [1.165, 1.54) is 6.07 Å². The van der Waals surface area contributed by atoms with Crippen molar-refractivity contribution >= 4 is 45.1 Å². The molecule has 0 aliphatic rings. The highest BCUT2D eigenvalue weighted by Gasteiger charge is 2.13. The first-order valence-electron chi connectivity index (χ1n) is 6.14. The van der Waals surface area contributed by atoms with Crippen LogP contribution in [0, 0.1) is 5.82 Å². The number of anilines is 1. The quantitative estimate of drug-likeness (QED) is 0.807. The number of hydrogen-bond donors (Lipinski definition) is 1. The van der Waals surface area contributed by atoms with Gasteiger partial charge in [-0.3, -0.25) is 4.79 Å². The fourth-order valence-electron chi connectivity index (χ4n) is 1.61. The van der Waals surface area contributed by atoms with Crippen molar-refractivity contribution in [2.45, 2.75) is 0 Å². The van der Waals surface area contributed by atoms with Crippen LogP contribution in [0.3, 0.4) is 0 Å². The number of esters is 1. The minimum atomic E-state index is -0.632. The van der Waals surface area contributed by atoms with Crippen LogP contribution in [0.25, 0.3) is 0 Å². The lowest BCUT2D eigenvalue weighted by Gasteiger charge is -2.08. The summed E-state index contributed by atoms with van der Waals surface area (Å²) in [6.07, 6.45) is 0. The van der Waals surface area contributed by atoms with Crippen molar-refractivity contribution in [2.75, 3.05) is 11.9 Å². The highest BCUT2D eigenvalue weighted by atomic mass is 79.9. The van der Waals surface area contributed by atoms with E-state index in [-0.39, 0.29) is 10.7 Å². The van der Waals surface area contributed by atoms with Gasteiger partial charge in [0.1, 0.15) is 5.82 Å². The largest absolute Gasteiger partial charge is 0.452 e. The molecule has 0 unspecified atom stereocenters. The zero-order chi connectivity index (χ0) is 16.1. The summed E-state index contributed by atoms with van der Waals surface area (Å²) in [6.45, 7) is -0.478. The summed E-state index contributed by atoms with van der Waals surface area (Å²) in [5.74, 6) is -1.72. The molecule has 7 heteroatoms. The molecule has 22 heavy (non-hydrogen) atoms. The molecule has 0 fully saturated rings. The van der Waals surface area contributed by atoms with Crippen molar-refractivity contribution in [2.24, 2.45) is 0 Å². The Morgan fingerprint density at radius 2 is 1.95 bits per heavy atom. The maximum Gasteiger partial charge on any atom is 0.339 e. The van der Waals surface area contributed by atoms with Crippen LogP contribution in [-0.2, 0) is 9.53 Å².